The summed E-state index contributed by atoms with van der Waals surface area (Å²) in [7, 11) is 0. The van der Waals surface area contributed by atoms with Crippen LogP contribution in [0.3, 0.4) is 0 Å². The molecular weight excluding hydrogens is 420 g/mol. The Morgan fingerprint density at radius 2 is 1.48 bits per heavy atom. The van der Waals surface area contributed by atoms with Gasteiger partial charge in [-0.2, -0.15) is 0 Å². The smallest absolute Gasteiger partial charge is 0.407 e. The number of benzene rings is 3. The highest BCUT2D eigenvalue weighted by molar-refractivity contribution is 5.79. The first-order valence-electron chi connectivity index (χ1n) is 10.8. The standard InChI is InChI=1S/C26H26N2O5/c29-25(30)24(28-17-32-15-18-8-2-1-3-9-18)14-27-26(31)33-16-23-21-12-6-4-10-19(21)20-11-5-7-13-22(20)23/h1-13,23-24,28H,14-17H2,(H,27,31)(H,29,30). The molecule has 1 aliphatic rings. The van der Waals surface area contributed by atoms with Crippen LogP contribution in [0.2, 0.25) is 0 Å². The fourth-order valence-electron chi connectivity index (χ4n) is 3.98. The molecule has 0 spiro atoms. The summed E-state index contributed by atoms with van der Waals surface area (Å²) in [5.74, 6) is -1.14. The average molecular weight is 447 g/mol. The molecular formula is C26H26N2O5. The fourth-order valence-corrected chi connectivity index (χ4v) is 3.98. The van der Waals surface area contributed by atoms with E-state index in [0.717, 1.165) is 27.8 Å². The predicted octanol–water partition coefficient (Wildman–Crippen LogP) is 3.74. The van der Waals surface area contributed by atoms with Crippen LogP contribution in [0.1, 0.15) is 22.6 Å². The third kappa shape index (κ3) is 5.58. The molecule has 0 saturated carbocycles. The van der Waals surface area contributed by atoms with Gasteiger partial charge in [0.15, 0.2) is 0 Å². The van der Waals surface area contributed by atoms with E-state index in [1.165, 1.54) is 0 Å². The molecule has 3 aromatic carbocycles. The number of carbonyl (C=O) groups is 2. The van der Waals surface area contributed by atoms with Gasteiger partial charge in [0, 0.05) is 12.5 Å². The van der Waals surface area contributed by atoms with Crippen LogP contribution in [-0.4, -0.2) is 43.1 Å². The van der Waals surface area contributed by atoms with E-state index in [1.54, 1.807) is 0 Å². The van der Waals surface area contributed by atoms with Crippen molar-refractivity contribution in [1.82, 2.24) is 10.6 Å². The van der Waals surface area contributed by atoms with E-state index in [9.17, 15) is 14.7 Å². The number of ether oxygens (including phenoxy) is 2. The molecule has 1 aliphatic carbocycles. The molecule has 1 unspecified atom stereocenters. The molecule has 33 heavy (non-hydrogen) atoms. The van der Waals surface area contributed by atoms with Crippen molar-refractivity contribution >= 4 is 12.1 Å². The van der Waals surface area contributed by atoms with Crippen LogP contribution in [0.15, 0.2) is 78.9 Å². The monoisotopic (exact) mass is 446 g/mol. The maximum absolute atomic E-state index is 12.3. The normalized spacial score (nSPS) is 13.1. The SMILES string of the molecule is O=C(NCC(NCOCc1ccccc1)C(=O)O)OCC1c2ccccc2-c2ccccc21. The van der Waals surface area contributed by atoms with Crippen molar-refractivity contribution in [3.8, 4) is 11.1 Å². The van der Waals surface area contributed by atoms with Crippen LogP contribution >= 0.6 is 0 Å². The molecule has 0 aromatic heterocycles. The van der Waals surface area contributed by atoms with Gasteiger partial charge in [0.25, 0.3) is 0 Å². The summed E-state index contributed by atoms with van der Waals surface area (Å²) in [5, 5.41) is 14.7. The number of nitrogens with one attached hydrogen (secondary N) is 2. The molecule has 4 rings (SSSR count). The van der Waals surface area contributed by atoms with Crippen LogP contribution in [0.25, 0.3) is 11.1 Å². The number of alkyl carbamates (subject to hydrolysis) is 1. The Labute approximate surface area is 192 Å². The van der Waals surface area contributed by atoms with Gasteiger partial charge in [0.2, 0.25) is 0 Å². The third-order valence-corrected chi connectivity index (χ3v) is 5.64. The van der Waals surface area contributed by atoms with Crippen molar-refractivity contribution in [3.05, 3.63) is 95.6 Å². The number of carboxylic acid groups (broad SMARTS) is 1. The van der Waals surface area contributed by atoms with E-state index in [0.29, 0.717) is 6.61 Å². The van der Waals surface area contributed by atoms with E-state index < -0.39 is 18.1 Å². The molecule has 3 N–H and O–H groups in total. The summed E-state index contributed by atoms with van der Waals surface area (Å²) in [6, 6.07) is 24.7. The van der Waals surface area contributed by atoms with E-state index >= 15 is 0 Å². The van der Waals surface area contributed by atoms with Crippen molar-refractivity contribution in [1.29, 1.82) is 0 Å². The van der Waals surface area contributed by atoms with Crippen LogP contribution < -0.4 is 10.6 Å². The van der Waals surface area contributed by atoms with Gasteiger partial charge in [-0.05, 0) is 27.8 Å². The highest BCUT2D eigenvalue weighted by atomic mass is 16.5. The molecule has 0 radical (unpaired) electrons. The minimum absolute atomic E-state index is 0.0399. The summed E-state index contributed by atoms with van der Waals surface area (Å²) < 4.78 is 10.9. The van der Waals surface area contributed by atoms with Gasteiger partial charge in [-0.3, -0.25) is 10.1 Å². The number of amides is 1. The second-order valence-electron chi connectivity index (χ2n) is 7.78. The molecule has 7 heteroatoms. The highest BCUT2D eigenvalue weighted by Crippen LogP contribution is 2.44. The Kier molecular flexibility index (Phi) is 7.34. The fraction of sp³-hybridized carbons (Fsp3) is 0.231. The Morgan fingerprint density at radius 1 is 0.879 bits per heavy atom. The molecule has 0 saturated heterocycles. The van der Waals surface area contributed by atoms with Crippen molar-refractivity contribution in [2.24, 2.45) is 0 Å². The van der Waals surface area contributed by atoms with Gasteiger partial charge >= 0.3 is 12.1 Å². The summed E-state index contributed by atoms with van der Waals surface area (Å²) in [6.07, 6.45) is -0.657. The van der Waals surface area contributed by atoms with Crippen LogP contribution in [0, 0.1) is 0 Å². The number of fused-ring (bicyclic) bond motifs is 3. The zero-order valence-electron chi connectivity index (χ0n) is 18.1. The number of rotatable bonds is 10. The van der Waals surface area contributed by atoms with E-state index in [-0.39, 0.29) is 25.8 Å². The highest BCUT2D eigenvalue weighted by Gasteiger charge is 2.29. The zero-order valence-corrected chi connectivity index (χ0v) is 18.1. The lowest BCUT2D eigenvalue weighted by molar-refractivity contribution is -0.139. The molecule has 1 amide bonds. The predicted molar refractivity (Wildman–Crippen MR) is 124 cm³/mol. The molecule has 0 fully saturated rings. The van der Waals surface area contributed by atoms with Gasteiger partial charge in [-0.15, -0.1) is 0 Å². The minimum atomic E-state index is -1.09. The number of carboxylic acids is 1. The largest absolute Gasteiger partial charge is 0.480 e. The van der Waals surface area contributed by atoms with Crippen LogP contribution in [0.4, 0.5) is 4.79 Å². The van der Waals surface area contributed by atoms with Crippen LogP contribution in [-0.2, 0) is 20.9 Å². The first-order chi connectivity index (χ1) is 16.1. The summed E-state index contributed by atoms with van der Waals surface area (Å²) in [6.45, 7) is 0.449. The Bertz CT molecular complexity index is 1060. The van der Waals surface area contributed by atoms with E-state index in [1.807, 2.05) is 66.7 Å². The maximum Gasteiger partial charge on any atom is 0.407 e. The Balaban J connectivity index is 1.25. The lowest BCUT2D eigenvalue weighted by atomic mass is 9.98. The van der Waals surface area contributed by atoms with Gasteiger partial charge in [-0.1, -0.05) is 78.9 Å². The lowest BCUT2D eigenvalue weighted by Crippen LogP contribution is -2.47. The maximum atomic E-state index is 12.3. The lowest BCUT2D eigenvalue weighted by Gasteiger charge is -2.17. The molecule has 0 aliphatic heterocycles. The van der Waals surface area contributed by atoms with Crippen molar-refractivity contribution in [2.75, 3.05) is 19.9 Å². The minimum Gasteiger partial charge on any atom is -0.480 e. The second kappa shape index (κ2) is 10.8. The van der Waals surface area contributed by atoms with E-state index in [2.05, 4.69) is 22.8 Å². The van der Waals surface area contributed by atoms with Crippen LogP contribution in [0.5, 0.6) is 0 Å². The second-order valence-corrected chi connectivity index (χ2v) is 7.78. The first kappa shape index (κ1) is 22.5. The Morgan fingerprint density at radius 3 is 2.12 bits per heavy atom. The average Bonchev–Trinajstić information content (AvgIpc) is 3.16. The number of carbonyl (C=O) groups excluding carboxylic acids is 1. The molecule has 0 heterocycles. The quantitative estimate of drug-likeness (QED) is 0.324. The first-order valence-corrected chi connectivity index (χ1v) is 10.8. The topological polar surface area (TPSA) is 96.9 Å². The zero-order chi connectivity index (χ0) is 23.0. The van der Waals surface area contributed by atoms with Gasteiger partial charge < -0.3 is 19.9 Å². The molecule has 3 aromatic rings. The summed E-state index contributed by atoms with van der Waals surface area (Å²) >= 11 is 0. The van der Waals surface area contributed by atoms with Crippen molar-refractivity contribution in [3.63, 3.8) is 0 Å². The molecule has 170 valence electrons. The van der Waals surface area contributed by atoms with Crippen molar-refractivity contribution in [2.45, 2.75) is 18.6 Å². The molecule has 1 atom stereocenters. The van der Waals surface area contributed by atoms with Crippen molar-refractivity contribution < 1.29 is 24.2 Å². The number of aliphatic carboxylic acids is 1. The van der Waals surface area contributed by atoms with E-state index in [4.69, 9.17) is 9.47 Å². The molecule has 0 bridgehead atoms. The summed E-state index contributed by atoms with van der Waals surface area (Å²) in [4.78, 5) is 23.8. The molecule has 7 nitrogen and oxygen atoms in total. The summed E-state index contributed by atoms with van der Waals surface area (Å²) in [5.41, 5.74) is 5.52. The van der Waals surface area contributed by atoms with Gasteiger partial charge in [-0.25, -0.2) is 4.79 Å². The Hall–Kier alpha value is -3.68. The van der Waals surface area contributed by atoms with Gasteiger partial charge in [0.05, 0.1) is 13.3 Å². The van der Waals surface area contributed by atoms with Gasteiger partial charge in [0.1, 0.15) is 12.6 Å². The number of hydrogen-bond donors (Lipinski definition) is 3. The third-order valence-electron chi connectivity index (χ3n) is 5.64. The number of hydrogen-bond acceptors (Lipinski definition) is 5.